The van der Waals surface area contributed by atoms with E-state index in [4.69, 9.17) is 0 Å². The van der Waals surface area contributed by atoms with Crippen molar-refractivity contribution in [3.8, 4) is 0 Å². The van der Waals surface area contributed by atoms with Gasteiger partial charge < -0.3 is 10.2 Å². The summed E-state index contributed by atoms with van der Waals surface area (Å²) in [5.41, 5.74) is 0. The number of nitrogens with one attached hydrogen (secondary N) is 1. The Labute approximate surface area is 114 Å². The molecule has 0 atom stereocenters. The van der Waals surface area contributed by atoms with E-state index in [1.54, 1.807) is 11.3 Å². The van der Waals surface area contributed by atoms with E-state index in [2.05, 4.69) is 46.3 Å². The van der Waals surface area contributed by atoms with E-state index in [1.807, 2.05) is 13.1 Å². The van der Waals surface area contributed by atoms with Crippen LogP contribution in [0.4, 0.5) is 0 Å². The Morgan fingerprint density at radius 2 is 2.44 bits per heavy atom. The molecule has 0 aromatic carbocycles. The van der Waals surface area contributed by atoms with Gasteiger partial charge in [0.25, 0.3) is 0 Å². The van der Waals surface area contributed by atoms with Crippen LogP contribution in [0.1, 0.15) is 17.7 Å². The molecule has 1 aromatic heterocycles. The lowest BCUT2D eigenvalue weighted by Gasteiger charge is -2.21. The van der Waals surface area contributed by atoms with Crippen LogP contribution in [0.3, 0.4) is 0 Å². The number of nitrogens with zero attached hydrogens (tertiary/aromatic N) is 2. The van der Waals surface area contributed by atoms with E-state index in [9.17, 15) is 0 Å². The van der Waals surface area contributed by atoms with Gasteiger partial charge in [0.1, 0.15) is 0 Å². The standard InChI is InChI=1S/C14H23N3S/c1-4-5-6-11-17(3)14(15-2)16-10-9-13-8-7-12-18-13/h4,7-8,12H,1,5-6,9-11H2,2-3H3,(H,15,16). The van der Waals surface area contributed by atoms with Crippen LogP contribution in [0.25, 0.3) is 0 Å². The van der Waals surface area contributed by atoms with Crippen LogP contribution in [0, 0.1) is 0 Å². The summed E-state index contributed by atoms with van der Waals surface area (Å²) >= 11 is 1.80. The second-order valence-electron chi connectivity index (χ2n) is 4.16. The molecule has 1 aromatic rings. The van der Waals surface area contributed by atoms with Crippen molar-refractivity contribution in [1.82, 2.24) is 10.2 Å². The van der Waals surface area contributed by atoms with Gasteiger partial charge in [0.2, 0.25) is 0 Å². The van der Waals surface area contributed by atoms with E-state index in [0.29, 0.717) is 0 Å². The molecule has 0 bridgehead atoms. The topological polar surface area (TPSA) is 27.6 Å². The van der Waals surface area contributed by atoms with Gasteiger partial charge in [-0.1, -0.05) is 12.1 Å². The number of thiophene rings is 1. The zero-order valence-corrected chi connectivity index (χ0v) is 12.2. The molecule has 0 aliphatic rings. The zero-order chi connectivity index (χ0) is 13.2. The minimum Gasteiger partial charge on any atom is -0.356 e. The molecule has 100 valence electrons. The van der Waals surface area contributed by atoms with Crippen LogP contribution in [0.15, 0.2) is 35.2 Å². The fourth-order valence-electron chi connectivity index (χ4n) is 1.72. The highest BCUT2D eigenvalue weighted by Gasteiger charge is 2.04. The van der Waals surface area contributed by atoms with Crippen LogP contribution in [-0.4, -0.2) is 38.0 Å². The summed E-state index contributed by atoms with van der Waals surface area (Å²) < 4.78 is 0. The highest BCUT2D eigenvalue weighted by Crippen LogP contribution is 2.08. The summed E-state index contributed by atoms with van der Waals surface area (Å²) in [5, 5.41) is 5.51. The van der Waals surface area contributed by atoms with Gasteiger partial charge in [-0.2, -0.15) is 0 Å². The molecule has 1 heterocycles. The first-order valence-electron chi connectivity index (χ1n) is 6.33. The number of unbranched alkanes of at least 4 members (excludes halogenated alkanes) is 1. The summed E-state index contributed by atoms with van der Waals surface area (Å²) in [6.07, 6.45) is 5.18. The van der Waals surface area contributed by atoms with Crippen molar-refractivity contribution in [1.29, 1.82) is 0 Å². The summed E-state index contributed by atoms with van der Waals surface area (Å²) in [4.78, 5) is 7.87. The average molecular weight is 265 g/mol. The fraction of sp³-hybridized carbons (Fsp3) is 0.500. The van der Waals surface area contributed by atoms with Crippen molar-refractivity contribution >= 4 is 17.3 Å². The predicted octanol–water partition coefficient (Wildman–Crippen LogP) is 2.76. The Hall–Kier alpha value is -1.29. The van der Waals surface area contributed by atoms with E-state index >= 15 is 0 Å². The van der Waals surface area contributed by atoms with Crippen molar-refractivity contribution in [3.63, 3.8) is 0 Å². The maximum absolute atomic E-state index is 4.29. The minimum absolute atomic E-state index is 0.930. The summed E-state index contributed by atoms with van der Waals surface area (Å²) in [6, 6.07) is 4.26. The van der Waals surface area contributed by atoms with E-state index in [-0.39, 0.29) is 0 Å². The van der Waals surface area contributed by atoms with Gasteiger partial charge in [0.15, 0.2) is 5.96 Å². The molecule has 1 rings (SSSR count). The van der Waals surface area contributed by atoms with Crippen molar-refractivity contribution < 1.29 is 0 Å². The van der Waals surface area contributed by atoms with Crippen molar-refractivity contribution in [2.45, 2.75) is 19.3 Å². The quantitative estimate of drug-likeness (QED) is 0.355. The van der Waals surface area contributed by atoms with Crippen LogP contribution < -0.4 is 5.32 Å². The normalized spacial score (nSPS) is 11.3. The number of guanidine groups is 1. The predicted molar refractivity (Wildman–Crippen MR) is 81.4 cm³/mol. The third-order valence-corrected chi connectivity index (χ3v) is 3.65. The highest BCUT2D eigenvalue weighted by atomic mass is 32.1. The second-order valence-corrected chi connectivity index (χ2v) is 5.19. The van der Waals surface area contributed by atoms with Gasteiger partial charge in [-0.05, 0) is 30.7 Å². The first kappa shape index (κ1) is 14.8. The number of rotatable bonds is 7. The molecule has 3 nitrogen and oxygen atoms in total. The van der Waals surface area contributed by atoms with Crippen LogP contribution in [-0.2, 0) is 6.42 Å². The Bertz CT molecular complexity index is 357. The van der Waals surface area contributed by atoms with Gasteiger partial charge in [-0.15, -0.1) is 17.9 Å². The first-order valence-corrected chi connectivity index (χ1v) is 7.21. The van der Waals surface area contributed by atoms with E-state index in [0.717, 1.165) is 38.3 Å². The number of aliphatic imine (C=N–C) groups is 1. The molecular formula is C14H23N3S. The molecule has 0 amide bonds. The van der Waals surface area contributed by atoms with Crippen molar-refractivity contribution in [3.05, 3.63) is 35.0 Å². The number of hydrogen-bond acceptors (Lipinski definition) is 2. The number of hydrogen-bond donors (Lipinski definition) is 1. The van der Waals surface area contributed by atoms with Gasteiger partial charge >= 0.3 is 0 Å². The summed E-state index contributed by atoms with van der Waals surface area (Å²) in [6.45, 7) is 5.67. The van der Waals surface area contributed by atoms with Gasteiger partial charge in [-0.3, -0.25) is 4.99 Å². The lowest BCUT2D eigenvalue weighted by Crippen LogP contribution is -2.40. The molecule has 0 aliphatic heterocycles. The van der Waals surface area contributed by atoms with Gasteiger partial charge in [0, 0.05) is 32.1 Å². The number of allylic oxidation sites excluding steroid dienone is 1. The SMILES string of the molecule is C=CCCCN(C)C(=NC)NCCc1cccs1. The molecule has 0 radical (unpaired) electrons. The zero-order valence-electron chi connectivity index (χ0n) is 11.4. The maximum Gasteiger partial charge on any atom is 0.193 e. The Morgan fingerprint density at radius 3 is 3.06 bits per heavy atom. The van der Waals surface area contributed by atoms with E-state index < -0.39 is 0 Å². The smallest absolute Gasteiger partial charge is 0.193 e. The Kier molecular flexibility index (Phi) is 7.18. The fourth-order valence-corrected chi connectivity index (χ4v) is 2.42. The average Bonchev–Trinajstić information content (AvgIpc) is 2.88. The second kappa shape index (κ2) is 8.75. The molecule has 4 heteroatoms. The molecule has 0 fully saturated rings. The molecule has 1 N–H and O–H groups in total. The van der Waals surface area contributed by atoms with Crippen molar-refractivity contribution in [2.24, 2.45) is 4.99 Å². The molecule has 0 spiro atoms. The largest absolute Gasteiger partial charge is 0.356 e. The van der Waals surface area contributed by atoms with Crippen LogP contribution in [0.2, 0.25) is 0 Å². The lowest BCUT2D eigenvalue weighted by molar-refractivity contribution is 0.470. The molecule has 0 saturated heterocycles. The molecule has 0 unspecified atom stereocenters. The first-order chi connectivity index (χ1) is 8.77. The van der Waals surface area contributed by atoms with E-state index in [1.165, 1.54) is 4.88 Å². The highest BCUT2D eigenvalue weighted by molar-refractivity contribution is 7.09. The van der Waals surface area contributed by atoms with Crippen LogP contribution in [0.5, 0.6) is 0 Å². The van der Waals surface area contributed by atoms with Gasteiger partial charge in [0.05, 0.1) is 0 Å². The lowest BCUT2D eigenvalue weighted by atomic mass is 10.3. The Morgan fingerprint density at radius 1 is 1.61 bits per heavy atom. The van der Waals surface area contributed by atoms with Crippen molar-refractivity contribution in [2.75, 3.05) is 27.2 Å². The molecule has 18 heavy (non-hydrogen) atoms. The van der Waals surface area contributed by atoms with Crippen LogP contribution >= 0.6 is 11.3 Å². The van der Waals surface area contributed by atoms with Gasteiger partial charge in [-0.25, -0.2) is 0 Å². The summed E-state index contributed by atoms with van der Waals surface area (Å²) in [5.74, 6) is 0.968. The third-order valence-electron chi connectivity index (χ3n) is 2.71. The molecule has 0 saturated carbocycles. The monoisotopic (exact) mass is 265 g/mol. The molecular weight excluding hydrogens is 242 g/mol. The Balaban J connectivity index is 2.26. The summed E-state index contributed by atoms with van der Waals surface area (Å²) in [7, 11) is 3.90. The minimum atomic E-state index is 0.930. The third kappa shape index (κ3) is 5.36. The molecule has 0 aliphatic carbocycles. The maximum atomic E-state index is 4.29.